The van der Waals surface area contributed by atoms with E-state index in [2.05, 4.69) is 42.9 Å². The summed E-state index contributed by atoms with van der Waals surface area (Å²) in [4.78, 5) is 12.1. The van der Waals surface area contributed by atoms with Crippen molar-refractivity contribution in [3.8, 4) is 22.5 Å². The monoisotopic (exact) mass is 487 g/mol. The van der Waals surface area contributed by atoms with E-state index in [4.69, 9.17) is 9.15 Å². The molecule has 0 spiro atoms. The van der Waals surface area contributed by atoms with Crippen LogP contribution in [0.3, 0.4) is 0 Å². The standard InChI is InChI=1S/C30H34N2O4/c1-5-6-9-15-35-16-14-32(4)26-19-28-25(17-20(26)2)29(22-10-7-8-11-23(22)30(33)34)24-13-12-21(31-3)18-27(24)36-28/h7-8,10-13,17-19H,5-6,9,14-16H2,1-4H3,(H,33,34)/p+1. The van der Waals surface area contributed by atoms with E-state index in [1.165, 1.54) is 12.8 Å². The summed E-state index contributed by atoms with van der Waals surface area (Å²) in [5, 5.41) is 15.0. The summed E-state index contributed by atoms with van der Waals surface area (Å²) in [6.07, 6.45) is 3.47. The molecule has 1 aliphatic heterocycles. The van der Waals surface area contributed by atoms with Crippen LogP contribution in [0, 0.1) is 6.92 Å². The Bertz CT molecular complexity index is 1420. The number of nitrogens with zero attached hydrogens (tertiary/aromatic N) is 1. The first kappa shape index (κ1) is 25.5. The molecule has 36 heavy (non-hydrogen) atoms. The van der Waals surface area contributed by atoms with Crippen LogP contribution in [0.2, 0.25) is 0 Å². The van der Waals surface area contributed by atoms with Gasteiger partial charge < -0.3 is 19.6 Å². The summed E-state index contributed by atoms with van der Waals surface area (Å²) in [5.74, 6) is -0.242. The fraction of sp³-hybridized carbons (Fsp3) is 0.333. The Labute approximate surface area is 212 Å². The molecular formula is C30H35N2O4+. The van der Waals surface area contributed by atoms with Crippen LogP contribution in [0.5, 0.6) is 0 Å². The second-order valence-corrected chi connectivity index (χ2v) is 9.16. The van der Waals surface area contributed by atoms with Crippen molar-refractivity contribution in [2.24, 2.45) is 0 Å². The zero-order chi connectivity index (χ0) is 25.7. The van der Waals surface area contributed by atoms with Crippen molar-refractivity contribution in [1.29, 1.82) is 0 Å². The SMILES string of the molecule is CCCCCOCC/[N+](C)=c1/cc2oc3cc(NC)ccc3c(-c3ccccc3C(=O)O)c-2cc1C. The molecule has 2 N–H and O–H groups in total. The van der Waals surface area contributed by atoms with E-state index in [0.717, 1.165) is 52.7 Å². The van der Waals surface area contributed by atoms with E-state index < -0.39 is 5.97 Å². The third-order valence-electron chi connectivity index (χ3n) is 6.63. The van der Waals surface area contributed by atoms with Crippen LogP contribution >= 0.6 is 0 Å². The van der Waals surface area contributed by atoms with Gasteiger partial charge in [-0.1, -0.05) is 38.0 Å². The lowest BCUT2D eigenvalue weighted by atomic mass is 9.90. The quantitative estimate of drug-likeness (QED) is 0.166. The Hall–Kier alpha value is -3.64. The lowest BCUT2D eigenvalue weighted by molar-refractivity contribution is 0.0697. The first-order valence-electron chi connectivity index (χ1n) is 12.6. The first-order valence-corrected chi connectivity index (χ1v) is 12.6. The molecule has 1 aliphatic carbocycles. The molecule has 1 heterocycles. The lowest BCUT2D eigenvalue weighted by Gasteiger charge is -2.18. The molecule has 0 saturated heterocycles. The molecule has 188 valence electrons. The number of carbonyl (C=O) groups is 1. The zero-order valence-corrected chi connectivity index (χ0v) is 21.6. The Morgan fingerprint density at radius 1 is 1.06 bits per heavy atom. The molecule has 0 unspecified atom stereocenters. The predicted molar refractivity (Wildman–Crippen MR) is 146 cm³/mol. The van der Waals surface area contributed by atoms with Crippen LogP contribution in [0.1, 0.15) is 42.1 Å². The third-order valence-corrected chi connectivity index (χ3v) is 6.63. The molecule has 0 amide bonds. The highest BCUT2D eigenvalue weighted by Crippen LogP contribution is 2.42. The van der Waals surface area contributed by atoms with Gasteiger partial charge in [-0.25, -0.2) is 9.37 Å². The molecule has 0 atom stereocenters. The van der Waals surface area contributed by atoms with Crippen molar-refractivity contribution < 1.29 is 19.1 Å². The van der Waals surface area contributed by atoms with Crippen molar-refractivity contribution in [3.05, 3.63) is 71.1 Å². The summed E-state index contributed by atoms with van der Waals surface area (Å²) in [6, 6.07) is 17.2. The van der Waals surface area contributed by atoms with Crippen molar-refractivity contribution in [2.75, 3.05) is 39.2 Å². The van der Waals surface area contributed by atoms with Crippen molar-refractivity contribution in [1.82, 2.24) is 4.58 Å². The topological polar surface area (TPSA) is 74.7 Å². The minimum Gasteiger partial charge on any atom is -0.478 e. The van der Waals surface area contributed by atoms with Gasteiger partial charge in [-0.15, -0.1) is 0 Å². The van der Waals surface area contributed by atoms with Gasteiger partial charge in [0.1, 0.15) is 25.0 Å². The summed E-state index contributed by atoms with van der Waals surface area (Å²) in [7, 11) is 3.92. The molecule has 0 bridgehead atoms. The number of ether oxygens (including phenoxy) is 1. The van der Waals surface area contributed by atoms with Gasteiger partial charge >= 0.3 is 5.97 Å². The number of carboxylic acid groups (broad SMARTS) is 1. The molecule has 0 radical (unpaired) electrons. The number of anilines is 1. The Morgan fingerprint density at radius 2 is 1.86 bits per heavy atom. The maximum absolute atomic E-state index is 12.1. The van der Waals surface area contributed by atoms with Crippen LogP contribution in [0.15, 0.2) is 59.0 Å². The Kier molecular flexibility index (Phi) is 8.06. The minimum absolute atomic E-state index is 0.267. The summed E-state index contributed by atoms with van der Waals surface area (Å²) in [5.41, 5.74) is 5.40. The number of aryl methyl sites for hydroxylation is 1. The third kappa shape index (κ3) is 5.29. The molecule has 2 aliphatic rings. The predicted octanol–water partition coefficient (Wildman–Crippen LogP) is 5.86. The second-order valence-electron chi connectivity index (χ2n) is 9.16. The molecule has 0 saturated carbocycles. The largest absolute Gasteiger partial charge is 0.478 e. The smallest absolute Gasteiger partial charge is 0.336 e. The number of likely N-dealkylation sites (N-methyl/N-ethyl adjacent to an activating group) is 1. The molecule has 2 aromatic carbocycles. The van der Waals surface area contributed by atoms with E-state index in [9.17, 15) is 9.90 Å². The van der Waals surface area contributed by atoms with E-state index in [0.29, 0.717) is 23.5 Å². The number of benzene rings is 3. The Morgan fingerprint density at radius 3 is 2.61 bits per heavy atom. The van der Waals surface area contributed by atoms with Gasteiger partial charge in [0.15, 0.2) is 6.54 Å². The van der Waals surface area contributed by atoms with Crippen LogP contribution in [0.25, 0.3) is 33.4 Å². The van der Waals surface area contributed by atoms with Crippen molar-refractivity contribution in [3.63, 3.8) is 0 Å². The second kappa shape index (κ2) is 11.4. The van der Waals surface area contributed by atoms with Gasteiger partial charge in [0.2, 0.25) is 5.36 Å². The first-order chi connectivity index (χ1) is 17.4. The summed E-state index contributed by atoms with van der Waals surface area (Å²) < 4.78 is 14.4. The van der Waals surface area contributed by atoms with Gasteiger partial charge in [-0.3, -0.25) is 0 Å². The molecule has 2 aromatic rings. The fourth-order valence-corrected chi connectivity index (χ4v) is 4.66. The number of unbranched alkanes of at least 4 members (excludes halogenated alkanes) is 2. The van der Waals surface area contributed by atoms with Crippen molar-refractivity contribution in [2.45, 2.75) is 33.1 Å². The highest BCUT2D eigenvalue weighted by molar-refractivity contribution is 6.07. The zero-order valence-electron chi connectivity index (χ0n) is 21.6. The average molecular weight is 488 g/mol. The van der Waals surface area contributed by atoms with Gasteiger partial charge in [0.25, 0.3) is 0 Å². The normalized spacial score (nSPS) is 12.2. The summed E-state index contributed by atoms with van der Waals surface area (Å²) in [6.45, 7) is 6.49. The number of nitrogens with one attached hydrogen (secondary N) is 1. The fourth-order valence-electron chi connectivity index (χ4n) is 4.66. The molecule has 6 heteroatoms. The summed E-state index contributed by atoms with van der Waals surface area (Å²) >= 11 is 0. The van der Waals surface area contributed by atoms with Gasteiger partial charge in [0.05, 0.1) is 11.6 Å². The number of carboxylic acids is 1. The van der Waals surface area contributed by atoms with E-state index in [1.807, 2.05) is 37.4 Å². The Balaban J connectivity index is 1.89. The van der Waals surface area contributed by atoms with Crippen LogP contribution in [-0.2, 0) is 4.74 Å². The van der Waals surface area contributed by atoms with E-state index in [1.54, 1.807) is 12.1 Å². The number of aromatic carboxylic acids is 1. The van der Waals surface area contributed by atoms with Gasteiger partial charge in [0, 0.05) is 47.5 Å². The molecule has 6 nitrogen and oxygen atoms in total. The molecule has 0 aromatic heterocycles. The number of hydrogen-bond donors (Lipinski definition) is 2. The molecular weight excluding hydrogens is 452 g/mol. The van der Waals surface area contributed by atoms with Gasteiger partial charge in [-0.05, 0) is 43.2 Å². The van der Waals surface area contributed by atoms with Crippen LogP contribution in [-0.4, -0.2) is 44.9 Å². The van der Waals surface area contributed by atoms with Crippen LogP contribution in [0.4, 0.5) is 5.69 Å². The molecule has 0 fully saturated rings. The van der Waals surface area contributed by atoms with E-state index >= 15 is 0 Å². The van der Waals surface area contributed by atoms with Gasteiger partial charge in [-0.2, -0.15) is 0 Å². The van der Waals surface area contributed by atoms with Crippen LogP contribution < -0.4 is 15.2 Å². The molecule has 4 rings (SSSR count). The average Bonchev–Trinajstić information content (AvgIpc) is 2.88. The minimum atomic E-state index is -0.952. The maximum Gasteiger partial charge on any atom is 0.336 e. The maximum atomic E-state index is 12.1. The lowest BCUT2D eigenvalue weighted by Crippen LogP contribution is -2.31. The highest BCUT2D eigenvalue weighted by atomic mass is 16.5. The highest BCUT2D eigenvalue weighted by Gasteiger charge is 2.23. The number of hydrogen-bond acceptors (Lipinski definition) is 4. The van der Waals surface area contributed by atoms with Crippen molar-refractivity contribution >= 4 is 22.6 Å². The van der Waals surface area contributed by atoms with E-state index in [-0.39, 0.29) is 5.56 Å². The number of rotatable bonds is 10. The number of fused-ring (bicyclic) bond motifs is 2.